The van der Waals surface area contributed by atoms with Crippen molar-refractivity contribution in [2.75, 3.05) is 13.7 Å². The van der Waals surface area contributed by atoms with Crippen LogP contribution in [-0.2, 0) is 9.53 Å². The van der Waals surface area contributed by atoms with Crippen molar-refractivity contribution < 1.29 is 19.1 Å². The van der Waals surface area contributed by atoms with Gasteiger partial charge in [-0.3, -0.25) is 4.79 Å². The van der Waals surface area contributed by atoms with E-state index in [9.17, 15) is 9.59 Å². The zero-order valence-electron chi connectivity index (χ0n) is 15.4. The van der Waals surface area contributed by atoms with Crippen LogP contribution in [0.25, 0.3) is 10.6 Å². The van der Waals surface area contributed by atoms with Crippen molar-refractivity contribution in [3.63, 3.8) is 0 Å². The van der Waals surface area contributed by atoms with Gasteiger partial charge in [0.15, 0.2) is 0 Å². The number of amides is 1. The summed E-state index contributed by atoms with van der Waals surface area (Å²) in [6.45, 7) is 6.50. The molecule has 0 spiro atoms. The zero-order valence-corrected chi connectivity index (χ0v) is 16.3. The van der Waals surface area contributed by atoms with Crippen LogP contribution in [0.15, 0.2) is 29.6 Å². The molecule has 2 rings (SSSR count). The third kappa shape index (κ3) is 5.29. The summed E-state index contributed by atoms with van der Waals surface area (Å²) in [5.41, 5.74) is 1.20. The number of carbonyl (C=O) groups is 2. The summed E-state index contributed by atoms with van der Waals surface area (Å²) in [6, 6.07) is 6.87. The molecule has 0 fully saturated rings. The second-order valence-electron chi connectivity index (χ2n) is 6.17. The molecule has 0 bridgehead atoms. The summed E-state index contributed by atoms with van der Waals surface area (Å²) in [4.78, 5) is 28.7. The number of esters is 1. The number of methoxy groups -OCH3 is 1. The highest BCUT2D eigenvalue weighted by molar-refractivity contribution is 7.13. The Morgan fingerprint density at radius 3 is 2.50 bits per heavy atom. The zero-order chi connectivity index (χ0) is 19.1. The van der Waals surface area contributed by atoms with Crippen molar-refractivity contribution >= 4 is 23.2 Å². The van der Waals surface area contributed by atoms with E-state index >= 15 is 0 Å². The molecule has 1 heterocycles. The number of aromatic nitrogens is 1. The summed E-state index contributed by atoms with van der Waals surface area (Å²) in [6.07, 6.45) is 0.508. The number of hydrogen-bond acceptors (Lipinski definition) is 6. The van der Waals surface area contributed by atoms with Crippen molar-refractivity contribution in [2.45, 2.75) is 33.2 Å². The van der Waals surface area contributed by atoms with Crippen LogP contribution in [0.4, 0.5) is 0 Å². The van der Waals surface area contributed by atoms with Gasteiger partial charge < -0.3 is 14.8 Å². The first-order chi connectivity index (χ1) is 12.4. The molecule has 0 saturated heterocycles. The van der Waals surface area contributed by atoms with Gasteiger partial charge in [-0.25, -0.2) is 9.78 Å². The highest BCUT2D eigenvalue weighted by atomic mass is 32.1. The Morgan fingerprint density at radius 1 is 1.23 bits per heavy atom. The maximum atomic E-state index is 12.4. The van der Waals surface area contributed by atoms with E-state index in [4.69, 9.17) is 9.47 Å². The van der Waals surface area contributed by atoms with Crippen LogP contribution in [0.2, 0.25) is 0 Å². The van der Waals surface area contributed by atoms with E-state index in [0.717, 1.165) is 16.3 Å². The van der Waals surface area contributed by atoms with Crippen LogP contribution in [0.5, 0.6) is 5.75 Å². The molecule has 1 aromatic heterocycles. The number of nitrogens with zero attached hydrogens (tertiary/aromatic N) is 1. The van der Waals surface area contributed by atoms with E-state index in [1.54, 1.807) is 5.38 Å². The number of hydrogen-bond donors (Lipinski definition) is 1. The van der Waals surface area contributed by atoms with Crippen LogP contribution in [0, 0.1) is 5.92 Å². The minimum atomic E-state index is -0.678. The molecule has 26 heavy (non-hydrogen) atoms. The monoisotopic (exact) mass is 376 g/mol. The minimum absolute atomic E-state index is 0.245. The average Bonchev–Trinajstić information content (AvgIpc) is 3.11. The average molecular weight is 376 g/mol. The molecule has 1 unspecified atom stereocenters. The van der Waals surface area contributed by atoms with E-state index in [0.29, 0.717) is 13.0 Å². The molecule has 6 nitrogen and oxygen atoms in total. The molecule has 2 aromatic rings. The minimum Gasteiger partial charge on any atom is -0.494 e. The molecule has 0 aliphatic heterocycles. The smallest absolute Gasteiger partial charge is 0.328 e. The highest BCUT2D eigenvalue weighted by Gasteiger charge is 2.24. The lowest BCUT2D eigenvalue weighted by molar-refractivity contribution is -0.143. The van der Waals surface area contributed by atoms with Crippen LogP contribution < -0.4 is 10.1 Å². The highest BCUT2D eigenvalue weighted by Crippen LogP contribution is 2.26. The van der Waals surface area contributed by atoms with E-state index < -0.39 is 12.0 Å². The number of ether oxygens (including phenoxy) is 2. The van der Waals surface area contributed by atoms with Crippen LogP contribution >= 0.6 is 11.3 Å². The van der Waals surface area contributed by atoms with Gasteiger partial charge in [0.2, 0.25) is 0 Å². The van der Waals surface area contributed by atoms with Crippen molar-refractivity contribution in [1.29, 1.82) is 0 Å². The van der Waals surface area contributed by atoms with Gasteiger partial charge in [0.25, 0.3) is 5.91 Å². The molecule has 0 aliphatic carbocycles. The van der Waals surface area contributed by atoms with E-state index in [1.807, 2.05) is 45.0 Å². The molecule has 0 radical (unpaired) electrons. The van der Waals surface area contributed by atoms with Gasteiger partial charge in [0, 0.05) is 10.9 Å². The molecule has 0 aliphatic rings. The van der Waals surface area contributed by atoms with Gasteiger partial charge >= 0.3 is 5.97 Å². The van der Waals surface area contributed by atoms with Crippen molar-refractivity contribution in [1.82, 2.24) is 10.3 Å². The molecule has 140 valence electrons. The predicted octanol–water partition coefficient (Wildman–Crippen LogP) is 3.53. The maximum absolute atomic E-state index is 12.4. The summed E-state index contributed by atoms with van der Waals surface area (Å²) >= 11 is 1.38. The second kappa shape index (κ2) is 9.33. The summed E-state index contributed by atoms with van der Waals surface area (Å²) in [7, 11) is 1.31. The van der Waals surface area contributed by atoms with Gasteiger partial charge in [0.1, 0.15) is 22.5 Å². The van der Waals surface area contributed by atoms with Crippen molar-refractivity contribution in [3.8, 4) is 16.3 Å². The largest absolute Gasteiger partial charge is 0.494 e. The Balaban J connectivity index is 2.09. The first-order valence-corrected chi connectivity index (χ1v) is 9.40. The number of benzene rings is 1. The first kappa shape index (κ1) is 19.9. The van der Waals surface area contributed by atoms with Crippen LogP contribution in [0.1, 0.15) is 37.7 Å². The Bertz CT molecular complexity index is 740. The number of rotatable bonds is 8. The Morgan fingerprint density at radius 2 is 1.92 bits per heavy atom. The topological polar surface area (TPSA) is 77.5 Å². The third-order valence-corrected chi connectivity index (χ3v) is 4.54. The standard InChI is InChI=1S/C19H24N2O4S/c1-5-25-14-8-6-13(7-9-14)18-21-16(11-26-18)17(22)20-15(10-12(2)3)19(23)24-4/h6-9,11-12,15H,5,10H2,1-4H3,(H,20,22). The fourth-order valence-electron chi connectivity index (χ4n) is 2.43. The Hall–Kier alpha value is -2.41. The lowest BCUT2D eigenvalue weighted by Gasteiger charge is -2.17. The molecular formula is C19H24N2O4S. The van der Waals surface area contributed by atoms with Crippen LogP contribution in [0.3, 0.4) is 0 Å². The summed E-state index contributed by atoms with van der Waals surface area (Å²) < 4.78 is 10.2. The summed E-state index contributed by atoms with van der Waals surface area (Å²) in [5.74, 6) is 0.207. The van der Waals surface area contributed by atoms with Gasteiger partial charge in [-0.15, -0.1) is 11.3 Å². The first-order valence-electron chi connectivity index (χ1n) is 8.52. The molecule has 1 N–H and O–H groups in total. The Kier molecular flexibility index (Phi) is 7.15. The molecule has 1 amide bonds. The normalized spacial score (nSPS) is 11.9. The number of thiazole rings is 1. The number of nitrogens with one attached hydrogen (secondary N) is 1. The third-order valence-electron chi connectivity index (χ3n) is 3.65. The van der Waals surface area contributed by atoms with Gasteiger partial charge in [0.05, 0.1) is 13.7 Å². The lowest BCUT2D eigenvalue weighted by atomic mass is 10.0. The SMILES string of the molecule is CCOc1ccc(-c2nc(C(=O)NC(CC(C)C)C(=O)OC)cs2)cc1. The Labute approximate surface area is 157 Å². The summed E-state index contributed by atoms with van der Waals surface area (Å²) in [5, 5.41) is 5.14. The van der Waals surface area contributed by atoms with E-state index in [-0.39, 0.29) is 17.5 Å². The van der Waals surface area contributed by atoms with Crippen molar-refractivity contribution in [3.05, 3.63) is 35.3 Å². The quantitative estimate of drug-likeness (QED) is 0.713. The molecular weight excluding hydrogens is 352 g/mol. The van der Waals surface area contributed by atoms with Gasteiger partial charge in [-0.1, -0.05) is 13.8 Å². The van der Waals surface area contributed by atoms with Crippen molar-refractivity contribution in [2.24, 2.45) is 5.92 Å². The lowest BCUT2D eigenvalue weighted by Crippen LogP contribution is -2.42. The van der Waals surface area contributed by atoms with E-state index in [1.165, 1.54) is 18.4 Å². The van der Waals surface area contributed by atoms with Gasteiger partial charge in [-0.05, 0) is 43.5 Å². The molecule has 0 saturated carbocycles. The fraction of sp³-hybridized carbons (Fsp3) is 0.421. The predicted molar refractivity (Wildman–Crippen MR) is 101 cm³/mol. The fourth-order valence-corrected chi connectivity index (χ4v) is 3.24. The number of carbonyl (C=O) groups excluding carboxylic acids is 2. The molecule has 1 aromatic carbocycles. The van der Waals surface area contributed by atoms with Gasteiger partial charge in [-0.2, -0.15) is 0 Å². The molecule has 7 heteroatoms. The molecule has 1 atom stereocenters. The maximum Gasteiger partial charge on any atom is 0.328 e. The van der Waals surface area contributed by atoms with E-state index in [2.05, 4.69) is 10.3 Å². The second-order valence-corrected chi connectivity index (χ2v) is 7.03. The van der Waals surface area contributed by atoms with Crippen LogP contribution in [-0.4, -0.2) is 36.6 Å².